The topological polar surface area (TPSA) is 20.3 Å². The Labute approximate surface area is 94.2 Å². The Bertz CT molecular complexity index is 449. The Morgan fingerprint density at radius 2 is 2.13 bits per heavy atom. The zero-order valence-electron chi connectivity index (χ0n) is 8.75. The average molecular weight is 222 g/mol. The average Bonchev–Trinajstić information content (AvgIpc) is 2.42. The van der Waals surface area contributed by atoms with E-state index in [2.05, 4.69) is 0 Å². The van der Waals surface area contributed by atoms with Crippen molar-refractivity contribution in [1.29, 1.82) is 0 Å². The van der Waals surface area contributed by atoms with Crippen LogP contribution in [0.5, 0.6) is 0 Å². The van der Waals surface area contributed by atoms with Gasteiger partial charge >= 0.3 is 0 Å². The molecule has 1 aromatic carbocycles. The highest BCUT2D eigenvalue weighted by Crippen LogP contribution is 2.28. The molecule has 0 aromatic heterocycles. The van der Waals surface area contributed by atoms with Crippen molar-refractivity contribution >= 4 is 17.4 Å². The summed E-state index contributed by atoms with van der Waals surface area (Å²) >= 11 is 5.88. The number of benzene rings is 1. The van der Waals surface area contributed by atoms with E-state index >= 15 is 0 Å². The lowest BCUT2D eigenvalue weighted by molar-refractivity contribution is 0.103. The minimum Gasteiger partial charge on any atom is -0.383 e. The molecular formula is C12H12ClNO. The van der Waals surface area contributed by atoms with Gasteiger partial charge in [-0.1, -0.05) is 11.6 Å². The van der Waals surface area contributed by atoms with Crippen LogP contribution in [0.25, 0.3) is 0 Å². The smallest absolute Gasteiger partial charge is 0.191 e. The third kappa shape index (κ3) is 1.90. The number of carbonyl (C=O) groups is 1. The molecule has 3 heteroatoms. The van der Waals surface area contributed by atoms with E-state index < -0.39 is 0 Å². The van der Waals surface area contributed by atoms with Gasteiger partial charge in [0.1, 0.15) is 0 Å². The number of allylic oxidation sites excluding steroid dienone is 1. The molecule has 2 rings (SSSR count). The number of fused-ring (bicyclic) bond motifs is 1. The summed E-state index contributed by atoms with van der Waals surface area (Å²) in [5.74, 6) is 0.121. The standard InChI is InChI=1S/C12H12ClNO/c1-14(2)7-9-5-8-6-10(13)3-4-11(8)12(9)15/h3-4,6-7H,5H2,1-2H3/b9-7-. The van der Waals surface area contributed by atoms with Gasteiger partial charge in [-0.25, -0.2) is 0 Å². The normalized spacial score (nSPS) is 17.0. The second-order valence-corrected chi connectivity index (χ2v) is 4.36. The highest BCUT2D eigenvalue weighted by Gasteiger charge is 2.24. The number of carbonyl (C=O) groups excluding carboxylic acids is 1. The van der Waals surface area contributed by atoms with Crippen molar-refractivity contribution in [1.82, 2.24) is 4.90 Å². The Morgan fingerprint density at radius 3 is 2.80 bits per heavy atom. The zero-order chi connectivity index (χ0) is 11.0. The summed E-state index contributed by atoms with van der Waals surface area (Å²) < 4.78 is 0. The lowest BCUT2D eigenvalue weighted by Gasteiger charge is -2.05. The molecule has 0 amide bonds. The number of nitrogens with zero attached hydrogens (tertiary/aromatic N) is 1. The molecule has 0 unspecified atom stereocenters. The minimum absolute atomic E-state index is 0.121. The summed E-state index contributed by atoms with van der Waals surface area (Å²) in [5, 5.41) is 0.688. The first kappa shape index (κ1) is 10.2. The third-order valence-corrected chi connectivity index (χ3v) is 2.63. The molecule has 0 spiro atoms. The second-order valence-electron chi connectivity index (χ2n) is 3.93. The van der Waals surface area contributed by atoms with Gasteiger partial charge in [0.25, 0.3) is 0 Å². The summed E-state index contributed by atoms with van der Waals surface area (Å²) in [6.07, 6.45) is 2.56. The van der Waals surface area contributed by atoms with Gasteiger partial charge in [0.15, 0.2) is 5.78 Å². The van der Waals surface area contributed by atoms with E-state index in [0.29, 0.717) is 11.4 Å². The molecule has 1 aromatic rings. The van der Waals surface area contributed by atoms with Gasteiger partial charge in [-0.05, 0) is 23.8 Å². The molecule has 0 atom stereocenters. The molecule has 2 nitrogen and oxygen atoms in total. The summed E-state index contributed by atoms with van der Waals surface area (Å²) in [6.45, 7) is 0. The van der Waals surface area contributed by atoms with Crippen molar-refractivity contribution in [2.24, 2.45) is 0 Å². The summed E-state index contributed by atoms with van der Waals surface area (Å²) in [7, 11) is 3.83. The van der Waals surface area contributed by atoms with Crippen LogP contribution in [0.2, 0.25) is 5.02 Å². The summed E-state index contributed by atoms with van der Waals surface area (Å²) in [6, 6.07) is 5.43. The fraction of sp³-hybridized carbons (Fsp3) is 0.250. The maximum Gasteiger partial charge on any atom is 0.191 e. The molecule has 78 valence electrons. The van der Waals surface area contributed by atoms with Crippen molar-refractivity contribution in [3.05, 3.63) is 46.1 Å². The Morgan fingerprint density at radius 1 is 1.40 bits per heavy atom. The number of halogens is 1. The first-order valence-electron chi connectivity index (χ1n) is 4.78. The molecule has 15 heavy (non-hydrogen) atoms. The van der Waals surface area contributed by atoms with Crippen molar-refractivity contribution in [3.8, 4) is 0 Å². The fourth-order valence-corrected chi connectivity index (χ4v) is 2.00. The lowest BCUT2D eigenvalue weighted by atomic mass is 10.1. The van der Waals surface area contributed by atoms with Crippen LogP contribution in [-0.2, 0) is 6.42 Å². The van der Waals surface area contributed by atoms with Crippen molar-refractivity contribution in [2.45, 2.75) is 6.42 Å². The van der Waals surface area contributed by atoms with Crippen LogP contribution in [0.15, 0.2) is 30.0 Å². The predicted octanol–water partition coefficient (Wildman–Crippen LogP) is 2.52. The van der Waals surface area contributed by atoms with Crippen molar-refractivity contribution in [2.75, 3.05) is 14.1 Å². The lowest BCUT2D eigenvalue weighted by Crippen LogP contribution is -2.06. The minimum atomic E-state index is 0.121. The largest absolute Gasteiger partial charge is 0.383 e. The van der Waals surface area contributed by atoms with Gasteiger partial charge in [0.05, 0.1) is 0 Å². The number of hydrogen-bond acceptors (Lipinski definition) is 2. The second kappa shape index (κ2) is 3.70. The molecule has 0 saturated carbocycles. The van der Waals surface area contributed by atoms with Gasteiger partial charge in [-0.2, -0.15) is 0 Å². The molecule has 0 radical (unpaired) electrons. The number of Topliss-reactive ketones (excluding diaryl/α,β-unsaturated/α-hetero) is 1. The van der Waals surface area contributed by atoms with Crippen molar-refractivity contribution < 1.29 is 4.79 Å². The molecule has 1 aliphatic carbocycles. The van der Waals surface area contributed by atoms with Crippen LogP contribution in [0.1, 0.15) is 15.9 Å². The highest BCUT2D eigenvalue weighted by atomic mass is 35.5. The molecular weight excluding hydrogens is 210 g/mol. The summed E-state index contributed by atoms with van der Waals surface area (Å²) in [5.41, 5.74) is 2.64. The molecule has 0 saturated heterocycles. The van der Waals surface area contributed by atoms with Crippen LogP contribution >= 0.6 is 11.6 Å². The molecule has 0 fully saturated rings. The summed E-state index contributed by atoms with van der Waals surface area (Å²) in [4.78, 5) is 13.8. The first-order chi connectivity index (χ1) is 7.08. The third-order valence-electron chi connectivity index (χ3n) is 2.40. The van der Waals surface area contributed by atoms with E-state index in [1.807, 2.05) is 31.3 Å². The van der Waals surface area contributed by atoms with Crippen LogP contribution in [0.3, 0.4) is 0 Å². The number of ketones is 1. The zero-order valence-corrected chi connectivity index (χ0v) is 9.51. The Kier molecular flexibility index (Phi) is 2.53. The first-order valence-corrected chi connectivity index (χ1v) is 5.16. The number of hydrogen-bond donors (Lipinski definition) is 0. The van der Waals surface area contributed by atoms with Crippen LogP contribution in [-0.4, -0.2) is 24.8 Å². The van der Waals surface area contributed by atoms with Gasteiger partial charge in [0.2, 0.25) is 0 Å². The van der Waals surface area contributed by atoms with Gasteiger partial charge in [-0.3, -0.25) is 4.79 Å². The van der Waals surface area contributed by atoms with E-state index in [9.17, 15) is 4.79 Å². The van der Waals surface area contributed by atoms with Crippen LogP contribution in [0.4, 0.5) is 0 Å². The highest BCUT2D eigenvalue weighted by molar-refractivity contribution is 6.31. The van der Waals surface area contributed by atoms with E-state index in [1.54, 1.807) is 12.1 Å². The fourth-order valence-electron chi connectivity index (χ4n) is 1.80. The Hall–Kier alpha value is -1.28. The predicted molar refractivity (Wildman–Crippen MR) is 61.3 cm³/mol. The number of rotatable bonds is 1. The molecule has 0 aliphatic heterocycles. The van der Waals surface area contributed by atoms with Gasteiger partial charge in [0, 0.05) is 42.9 Å². The monoisotopic (exact) mass is 221 g/mol. The van der Waals surface area contributed by atoms with E-state index in [1.165, 1.54) is 0 Å². The SMILES string of the molecule is CN(C)/C=C1/Cc2cc(Cl)ccc2C1=O. The van der Waals surface area contributed by atoms with Crippen LogP contribution in [0, 0.1) is 0 Å². The van der Waals surface area contributed by atoms with E-state index in [-0.39, 0.29) is 5.78 Å². The van der Waals surface area contributed by atoms with Crippen molar-refractivity contribution in [3.63, 3.8) is 0 Å². The maximum atomic E-state index is 11.9. The molecule has 0 bridgehead atoms. The van der Waals surface area contributed by atoms with E-state index in [0.717, 1.165) is 16.7 Å². The Balaban J connectivity index is 2.41. The van der Waals surface area contributed by atoms with Gasteiger partial charge < -0.3 is 4.90 Å². The molecule has 1 aliphatic rings. The maximum absolute atomic E-state index is 11.9. The molecule has 0 heterocycles. The van der Waals surface area contributed by atoms with Crippen LogP contribution < -0.4 is 0 Å². The molecule has 0 N–H and O–H groups in total. The van der Waals surface area contributed by atoms with Gasteiger partial charge in [-0.15, -0.1) is 0 Å². The van der Waals surface area contributed by atoms with E-state index in [4.69, 9.17) is 11.6 Å². The quantitative estimate of drug-likeness (QED) is 0.680.